The summed E-state index contributed by atoms with van der Waals surface area (Å²) in [4.78, 5) is 8.26. The van der Waals surface area contributed by atoms with Crippen LogP contribution < -0.4 is 10.6 Å². The predicted octanol–water partition coefficient (Wildman–Crippen LogP) is 0.318. The van der Waals surface area contributed by atoms with Crippen molar-refractivity contribution in [3.8, 4) is 0 Å². The van der Waals surface area contributed by atoms with Crippen LogP contribution in [-0.2, 0) is 6.54 Å². The molecule has 1 aliphatic heterocycles. The Balaban J connectivity index is 1.88. The molecule has 0 saturated carbocycles. The first kappa shape index (κ1) is 9.55. The number of aromatic nitrogens is 2. The highest BCUT2D eigenvalue weighted by molar-refractivity contribution is 4.98. The standard InChI is InChI=1S/C10H16N4/c1-10(2-3-12-8-10)14-7-9-6-11-4-5-13-9/h4-6,12,14H,2-3,7-8H2,1H3. The third kappa shape index (κ3) is 2.27. The fourth-order valence-corrected chi connectivity index (χ4v) is 1.69. The second-order valence-corrected chi connectivity index (χ2v) is 4.04. The zero-order valence-corrected chi connectivity index (χ0v) is 8.45. The third-order valence-corrected chi connectivity index (χ3v) is 2.68. The normalized spacial score (nSPS) is 26.6. The molecule has 1 aromatic heterocycles. The van der Waals surface area contributed by atoms with Crippen molar-refractivity contribution >= 4 is 0 Å². The van der Waals surface area contributed by atoms with Gasteiger partial charge in [-0.2, -0.15) is 0 Å². The Morgan fingerprint density at radius 1 is 1.57 bits per heavy atom. The summed E-state index contributed by atoms with van der Waals surface area (Å²) < 4.78 is 0. The van der Waals surface area contributed by atoms with Gasteiger partial charge in [-0.05, 0) is 19.9 Å². The molecule has 4 heteroatoms. The van der Waals surface area contributed by atoms with E-state index in [1.807, 2.05) is 0 Å². The Hall–Kier alpha value is -1.00. The zero-order chi connectivity index (χ0) is 9.86. The van der Waals surface area contributed by atoms with Gasteiger partial charge in [0.05, 0.1) is 5.69 Å². The molecule has 0 radical (unpaired) electrons. The van der Waals surface area contributed by atoms with E-state index in [0.717, 1.165) is 25.3 Å². The molecule has 1 aliphatic rings. The SMILES string of the molecule is CC1(NCc2cnccn2)CCNC1. The molecular formula is C10H16N4. The number of hydrogen-bond donors (Lipinski definition) is 2. The maximum Gasteiger partial charge on any atom is 0.0724 e. The van der Waals surface area contributed by atoms with Crippen LogP contribution in [0.15, 0.2) is 18.6 Å². The summed E-state index contributed by atoms with van der Waals surface area (Å²) >= 11 is 0. The highest BCUT2D eigenvalue weighted by atomic mass is 15.1. The first-order valence-corrected chi connectivity index (χ1v) is 4.99. The lowest BCUT2D eigenvalue weighted by Gasteiger charge is -2.24. The molecule has 2 N–H and O–H groups in total. The average molecular weight is 192 g/mol. The van der Waals surface area contributed by atoms with Crippen LogP contribution in [0.2, 0.25) is 0 Å². The Kier molecular flexibility index (Phi) is 2.74. The number of nitrogens with zero attached hydrogens (tertiary/aromatic N) is 2. The van der Waals surface area contributed by atoms with Gasteiger partial charge in [0, 0.05) is 37.2 Å². The van der Waals surface area contributed by atoms with Crippen molar-refractivity contribution < 1.29 is 0 Å². The van der Waals surface area contributed by atoms with Crippen molar-refractivity contribution in [2.75, 3.05) is 13.1 Å². The van der Waals surface area contributed by atoms with Crippen molar-refractivity contribution in [1.82, 2.24) is 20.6 Å². The quantitative estimate of drug-likeness (QED) is 0.724. The van der Waals surface area contributed by atoms with E-state index in [9.17, 15) is 0 Å². The predicted molar refractivity (Wildman–Crippen MR) is 54.8 cm³/mol. The van der Waals surface area contributed by atoms with Crippen LogP contribution in [-0.4, -0.2) is 28.6 Å². The smallest absolute Gasteiger partial charge is 0.0724 e. The van der Waals surface area contributed by atoms with E-state index in [1.54, 1.807) is 18.6 Å². The van der Waals surface area contributed by atoms with Gasteiger partial charge in [-0.1, -0.05) is 0 Å². The lowest BCUT2D eigenvalue weighted by Crippen LogP contribution is -2.43. The highest BCUT2D eigenvalue weighted by Crippen LogP contribution is 2.13. The maximum absolute atomic E-state index is 4.23. The van der Waals surface area contributed by atoms with Gasteiger partial charge in [0.25, 0.3) is 0 Å². The van der Waals surface area contributed by atoms with E-state index in [0.29, 0.717) is 0 Å². The van der Waals surface area contributed by atoms with E-state index in [1.165, 1.54) is 6.42 Å². The molecule has 2 rings (SSSR count). The topological polar surface area (TPSA) is 49.8 Å². The second kappa shape index (κ2) is 4.02. The van der Waals surface area contributed by atoms with E-state index in [4.69, 9.17) is 0 Å². The molecule has 0 bridgehead atoms. The molecule has 0 aliphatic carbocycles. The number of nitrogens with one attached hydrogen (secondary N) is 2. The summed E-state index contributed by atoms with van der Waals surface area (Å²) in [6.45, 7) is 5.17. The van der Waals surface area contributed by atoms with Crippen LogP contribution in [0, 0.1) is 0 Å². The van der Waals surface area contributed by atoms with Crippen LogP contribution in [0.4, 0.5) is 0 Å². The van der Waals surface area contributed by atoms with Gasteiger partial charge in [-0.3, -0.25) is 9.97 Å². The van der Waals surface area contributed by atoms with Gasteiger partial charge in [-0.25, -0.2) is 0 Å². The largest absolute Gasteiger partial charge is 0.315 e. The Bertz CT molecular complexity index is 279. The van der Waals surface area contributed by atoms with E-state index in [-0.39, 0.29) is 5.54 Å². The fraction of sp³-hybridized carbons (Fsp3) is 0.600. The van der Waals surface area contributed by atoms with Crippen LogP contribution >= 0.6 is 0 Å². The summed E-state index contributed by atoms with van der Waals surface area (Å²) in [5.41, 5.74) is 1.22. The molecule has 14 heavy (non-hydrogen) atoms. The van der Waals surface area contributed by atoms with Crippen LogP contribution in [0.5, 0.6) is 0 Å². The molecule has 0 aromatic carbocycles. The van der Waals surface area contributed by atoms with Gasteiger partial charge in [0.15, 0.2) is 0 Å². The van der Waals surface area contributed by atoms with Gasteiger partial charge < -0.3 is 10.6 Å². The van der Waals surface area contributed by atoms with E-state index in [2.05, 4.69) is 27.5 Å². The molecule has 1 unspecified atom stereocenters. The maximum atomic E-state index is 4.23. The third-order valence-electron chi connectivity index (χ3n) is 2.68. The lowest BCUT2D eigenvalue weighted by molar-refractivity contribution is 0.383. The molecule has 76 valence electrons. The molecular weight excluding hydrogens is 176 g/mol. The molecule has 2 heterocycles. The minimum Gasteiger partial charge on any atom is -0.315 e. The van der Waals surface area contributed by atoms with Crippen molar-refractivity contribution in [2.45, 2.75) is 25.4 Å². The van der Waals surface area contributed by atoms with E-state index < -0.39 is 0 Å². The molecule has 0 amide bonds. The Morgan fingerprint density at radius 2 is 2.50 bits per heavy atom. The van der Waals surface area contributed by atoms with Crippen molar-refractivity contribution in [2.24, 2.45) is 0 Å². The van der Waals surface area contributed by atoms with Crippen LogP contribution in [0.3, 0.4) is 0 Å². The summed E-state index contributed by atoms with van der Waals surface area (Å²) in [6, 6.07) is 0. The Morgan fingerprint density at radius 3 is 3.14 bits per heavy atom. The molecule has 1 fully saturated rings. The summed E-state index contributed by atoms with van der Waals surface area (Å²) in [7, 11) is 0. The Labute approximate surface area is 84.2 Å². The van der Waals surface area contributed by atoms with Gasteiger partial charge >= 0.3 is 0 Å². The molecule has 1 atom stereocenters. The average Bonchev–Trinajstić information content (AvgIpc) is 2.65. The highest BCUT2D eigenvalue weighted by Gasteiger charge is 2.27. The summed E-state index contributed by atoms with van der Waals surface area (Å²) in [5, 5.41) is 6.86. The first-order chi connectivity index (χ1) is 6.79. The van der Waals surface area contributed by atoms with E-state index >= 15 is 0 Å². The fourth-order valence-electron chi connectivity index (χ4n) is 1.69. The van der Waals surface area contributed by atoms with Gasteiger partial charge in [0.2, 0.25) is 0 Å². The molecule has 0 spiro atoms. The lowest BCUT2D eigenvalue weighted by atomic mass is 10.0. The molecule has 1 saturated heterocycles. The number of hydrogen-bond acceptors (Lipinski definition) is 4. The van der Waals surface area contributed by atoms with Crippen LogP contribution in [0.1, 0.15) is 19.0 Å². The number of rotatable bonds is 3. The van der Waals surface area contributed by atoms with Crippen molar-refractivity contribution in [1.29, 1.82) is 0 Å². The zero-order valence-electron chi connectivity index (χ0n) is 8.45. The minimum absolute atomic E-state index is 0.220. The second-order valence-electron chi connectivity index (χ2n) is 4.04. The monoisotopic (exact) mass is 192 g/mol. The van der Waals surface area contributed by atoms with Gasteiger partial charge in [-0.15, -0.1) is 0 Å². The minimum atomic E-state index is 0.220. The summed E-state index contributed by atoms with van der Waals surface area (Å²) in [6.07, 6.45) is 6.40. The van der Waals surface area contributed by atoms with Crippen molar-refractivity contribution in [3.05, 3.63) is 24.3 Å². The summed E-state index contributed by atoms with van der Waals surface area (Å²) in [5.74, 6) is 0. The first-order valence-electron chi connectivity index (χ1n) is 4.99. The van der Waals surface area contributed by atoms with Crippen LogP contribution in [0.25, 0.3) is 0 Å². The van der Waals surface area contributed by atoms with Crippen molar-refractivity contribution in [3.63, 3.8) is 0 Å². The molecule has 1 aromatic rings. The molecule has 4 nitrogen and oxygen atoms in total. The van der Waals surface area contributed by atoms with Gasteiger partial charge in [0.1, 0.15) is 0 Å².